The molecule has 0 saturated carbocycles. The quantitative estimate of drug-likeness (QED) is 0.710. The highest BCUT2D eigenvalue weighted by molar-refractivity contribution is 6.55. The van der Waals surface area contributed by atoms with Crippen LogP contribution in [0.2, 0.25) is 0 Å². The predicted molar refractivity (Wildman–Crippen MR) is 99.0 cm³/mol. The molecule has 1 fully saturated rings. The standard InChI is InChI=1S/C19H23ClN2O4/c1-13(2)26-15-5-3-14(4-6-15)16-17(20)19(24)22(18(16)23)8-7-21-9-11-25-12-10-21/h3-6,13H,7-12H2,1-2H3. The molecule has 140 valence electrons. The van der Waals surface area contributed by atoms with Gasteiger partial charge < -0.3 is 9.47 Å². The molecule has 0 atom stereocenters. The SMILES string of the molecule is CC(C)Oc1ccc(C2=C(Cl)C(=O)N(CCN3CCOCC3)C2=O)cc1. The lowest BCUT2D eigenvalue weighted by Crippen LogP contribution is -2.43. The number of morpholine rings is 1. The van der Waals surface area contributed by atoms with E-state index in [0.717, 1.165) is 13.1 Å². The molecular weight excluding hydrogens is 356 g/mol. The second-order valence-electron chi connectivity index (χ2n) is 6.60. The summed E-state index contributed by atoms with van der Waals surface area (Å²) in [4.78, 5) is 28.6. The van der Waals surface area contributed by atoms with Crippen molar-refractivity contribution in [2.75, 3.05) is 39.4 Å². The molecule has 0 spiro atoms. The Hall–Kier alpha value is -1.89. The molecule has 0 radical (unpaired) electrons. The van der Waals surface area contributed by atoms with Crippen molar-refractivity contribution in [2.24, 2.45) is 0 Å². The van der Waals surface area contributed by atoms with Gasteiger partial charge in [0.05, 0.1) is 24.9 Å². The number of carbonyl (C=O) groups is 2. The largest absolute Gasteiger partial charge is 0.491 e. The first-order chi connectivity index (χ1) is 12.5. The summed E-state index contributed by atoms with van der Waals surface area (Å²) in [5.74, 6) is -0.0605. The van der Waals surface area contributed by atoms with E-state index in [4.69, 9.17) is 21.1 Å². The van der Waals surface area contributed by atoms with Gasteiger partial charge in [-0.25, -0.2) is 0 Å². The smallest absolute Gasteiger partial charge is 0.273 e. The molecule has 0 aromatic heterocycles. The number of hydrogen-bond acceptors (Lipinski definition) is 5. The zero-order valence-corrected chi connectivity index (χ0v) is 15.8. The lowest BCUT2D eigenvalue weighted by molar-refractivity contribution is -0.136. The first kappa shape index (κ1) is 18.9. The van der Waals surface area contributed by atoms with Crippen LogP contribution in [0.15, 0.2) is 29.3 Å². The van der Waals surface area contributed by atoms with Crippen LogP contribution in [0.5, 0.6) is 5.75 Å². The molecule has 3 rings (SSSR count). The van der Waals surface area contributed by atoms with Crippen molar-refractivity contribution in [1.29, 1.82) is 0 Å². The van der Waals surface area contributed by atoms with E-state index in [-0.39, 0.29) is 22.6 Å². The Balaban J connectivity index is 1.69. The summed E-state index contributed by atoms with van der Waals surface area (Å²) in [5.41, 5.74) is 0.882. The number of amides is 2. The fraction of sp³-hybridized carbons (Fsp3) is 0.474. The van der Waals surface area contributed by atoms with Crippen molar-refractivity contribution < 1.29 is 19.1 Å². The van der Waals surface area contributed by atoms with Gasteiger partial charge in [-0.2, -0.15) is 0 Å². The number of hydrogen-bond donors (Lipinski definition) is 0. The molecule has 1 aromatic carbocycles. The number of halogens is 1. The number of rotatable bonds is 6. The molecule has 0 bridgehead atoms. The van der Waals surface area contributed by atoms with Crippen molar-refractivity contribution in [3.8, 4) is 5.75 Å². The number of nitrogens with zero attached hydrogens (tertiary/aromatic N) is 2. The Morgan fingerprint density at radius 1 is 1.08 bits per heavy atom. The summed E-state index contributed by atoms with van der Waals surface area (Å²) in [5, 5.41) is -0.0190. The summed E-state index contributed by atoms with van der Waals surface area (Å²) < 4.78 is 10.9. The first-order valence-corrected chi connectivity index (χ1v) is 9.18. The highest BCUT2D eigenvalue weighted by Gasteiger charge is 2.38. The van der Waals surface area contributed by atoms with Crippen LogP contribution < -0.4 is 4.74 Å². The van der Waals surface area contributed by atoms with Gasteiger partial charge in [0.15, 0.2) is 0 Å². The third-order valence-electron chi connectivity index (χ3n) is 4.37. The fourth-order valence-corrected chi connectivity index (χ4v) is 3.33. The van der Waals surface area contributed by atoms with Crippen LogP contribution in [-0.2, 0) is 14.3 Å². The fourth-order valence-electron chi connectivity index (χ4n) is 3.04. The molecule has 0 N–H and O–H groups in total. The number of ether oxygens (including phenoxy) is 2. The highest BCUT2D eigenvalue weighted by Crippen LogP contribution is 2.32. The maximum Gasteiger partial charge on any atom is 0.273 e. The third kappa shape index (κ3) is 4.09. The van der Waals surface area contributed by atoms with Gasteiger partial charge in [-0.1, -0.05) is 23.7 Å². The molecule has 2 aliphatic rings. The minimum Gasteiger partial charge on any atom is -0.491 e. The maximum absolute atomic E-state index is 12.8. The van der Waals surface area contributed by atoms with Crippen LogP contribution in [0.3, 0.4) is 0 Å². The van der Waals surface area contributed by atoms with Crippen LogP contribution in [0.25, 0.3) is 5.57 Å². The van der Waals surface area contributed by atoms with Gasteiger partial charge in [0.1, 0.15) is 10.8 Å². The highest BCUT2D eigenvalue weighted by atomic mass is 35.5. The van der Waals surface area contributed by atoms with E-state index in [9.17, 15) is 9.59 Å². The number of imide groups is 1. The number of benzene rings is 1. The monoisotopic (exact) mass is 378 g/mol. The molecule has 1 aromatic rings. The summed E-state index contributed by atoms with van der Waals surface area (Å²) in [7, 11) is 0. The van der Waals surface area contributed by atoms with Crippen LogP contribution >= 0.6 is 11.6 Å². The molecular formula is C19H23ClN2O4. The zero-order chi connectivity index (χ0) is 18.7. The molecule has 2 heterocycles. The Morgan fingerprint density at radius 3 is 2.35 bits per heavy atom. The van der Waals surface area contributed by atoms with E-state index in [1.807, 2.05) is 13.8 Å². The van der Waals surface area contributed by atoms with Crippen LogP contribution in [-0.4, -0.2) is 67.1 Å². The maximum atomic E-state index is 12.8. The van der Waals surface area contributed by atoms with Crippen molar-refractivity contribution in [1.82, 2.24) is 9.80 Å². The van der Waals surface area contributed by atoms with Gasteiger partial charge in [-0.15, -0.1) is 0 Å². The molecule has 0 aliphatic carbocycles. The summed E-state index contributed by atoms with van der Waals surface area (Å²) in [6.07, 6.45) is 0.0639. The average molecular weight is 379 g/mol. The lowest BCUT2D eigenvalue weighted by atomic mass is 10.1. The molecule has 26 heavy (non-hydrogen) atoms. The molecule has 1 saturated heterocycles. The predicted octanol–water partition coefficient (Wildman–Crippen LogP) is 2.12. The van der Waals surface area contributed by atoms with Gasteiger partial charge in [0.25, 0.3) is 11.8 Å². The number of carbonyl (C=O) groups excluding carboxylic acids is 2. The van der Waals surface area contributed by atoms with E-state index in [2.05, 4.69) is 4.90 Å². The van der Waals surface area contributed by atoms with Gasteiger partial charge >= 0.3 is 0 Å². The minimum absolute atomic E-state index is 0.0190. The first-order valence-electron chi connectivity index (χ1n) is 8.80. The second kappa shape index (κ2) is 8.20. The third-order valence-corrected chi connectivity index (χ3v) is 4.72. The van der Waals surface area contributed by atoms with Crippen LogP contribution in [0.4, 0.5) is 0 Å². The molecule has 2 amide bonds. The molecule has 0 unspecified atom stereocenters. The average Bonchev–Trinajstić information content (AvgIpc) is 2.84. The minimum atomic E-state index is -0.428. The van der Waals surface area contributed by atoms with Crippen molar-refractivity contribution in [2.45, 2.75) is 20.0 Å². The summed E-state index contributed by atoms with van der Waals surface area (Å²) >= 11 is 6.20. The Kier molecular flexibility index (Phi) is 5.96. The lowest BCUT2D eigenvalue weighted by Gasteiger charge is -2.28. The van der Waals surface area contributed by atoms with Gasteiger partial charge in [0, 0.05) is 26.2 Å². The second-order valence-corrected chi connectivity index (χ2v) is 6.97. The van der Waals surface area contributed by atoms with E-state index >= 15 is 0 Å². The van der Waals surface area contributed by atoms with Gasteiger partial charge in [-0.3, -0.25) is 19.4 Å². The molecule has 6 nitrogen and oxygen atoms in total. The normalized spacial score (nSPS) is 19.0. The van der Waals surface area contributed by atoms with Crippen molar-refractivity contribution >= 4 is 29.0 Å². The topological polar surface area (TPSA) is 59.1 Å². The Labute approximate surface area is 158 Å². The zero-order valence-electron chi connectivity index (χ0n) is 15.0. The van der Waals surface area contributed by atoms with E-state index in [1.54, 1.807) is 24.3 Å². The Bertz CT molecular complexity index is 709. The van der Waals surface area contributed by atoms with Crippen LogP contribution in [0.1, 0.15) is 19.4 Å². The summed E-state index contributed by atoms with van der Waals surface area (Å²) in [6, 6.07) is 7.07. The summed E-state index contributed by atoms with van der Waals surface area (Å²) in [6.45, 7) is 7.81. The van der Waals surface area contributed by atoms with E-state index in [1.165, 1.54) is 4.90 Å². The van der Waals surface area contributed by atoms with Gasteiger partial charge in [-0.05, 0) is 31.5 Å². The molecule has 2 aliphatic heterocycles. The van der Waals surface area contributed by atoms with E-state index in [0.29, 0.717) is 37.6 Å². The van der Waals surface area contributed by atoms with Gasteiger partial charge in [0.2, 0.25) is 0 Å². The Morgan fingerprint density at radius 2 is 1.73 bits per heavy atom. The van der Waals surface area contributed by atoms with Crippen LogP contribution in [0, 0.1) is 0 Å². The van der Waals surface area contributed by atoms with Crippen molar-refractivity contribution in [3.05, 3.63) is 34.9 Å². The van der Waals surface area contributed by atoms with E-state index < -0.39 is 5.91 Å². The molecule has 7 heteroatoms. The van der Waals surface area contributed by atoms with Crippen molar-refractivity contribution in [3.63, 3.8) is 0 Å².